The molecule has 140 valence electrons. The quantitative estimate of drug-likeness (QED) is 0.531. The van der Waals surface area contributed by atoms with E-state index < -0.39 is 5.72 Å². The second kappa shape index (κ2) is 9.90. The van der Waals surface area contributed by atoms with E-state index in [0.29, 0.717) is 17.7 Å². The summed E-state index contributed by atoms with van der Waals surface area (Å²) < 4.78 is 5.98. The van der Waals surface area contributed by atoms with Gasteiger partial charge in [0.05, 0.1) is 6.61 Å². The van der Waals surface area contributed by atoms with Gasteiger partial charge in [0.1, 0.15) is 0 Å². The first-order chi connectivity index (χ1) is 12.5. The molecule has 0 aromatic rings. The molecule has 0 bridgehead atoms. The minimum atomic E-state index is -1.06. The van der Waals surface area contributed by atoms with Crippen molar-refractivity contribution in [2.45, 2.75) is 26.5 Å². The van der Waals surface area contributed by atoms with E-state index in [-0.39, 0.29) is 12.5 Å². The topological polar surface area (TPSA) is 49.8 Å². The van der Waals surface area contributed by atoms with Gasteiger partial charge in [-0.2, -0.15) is 0 Å². The van der Waals surface area contributed by atoms with E-state index in [1.165, 1.54) is 0 Å². The average molecular weight is 355 g/mol. The molecule has 0 saturated carbocycles. The number of allylic oxidation sites excluding steroid dienone is 6. The Kier molecular flexibility index (Phi) is 8.23. The lowest BCUT2D eigenvalue weighted by Gasteiger charge is -2.38. The minimum absolute atomic E-state index is 0.137. The van der Waals surface area contributed by atoms with E-state index in [1.807, 2.05) is 39.0 Å². The van der Waals surface area contributed by atoms with Crippen LogP contribution in [0.5, 0.6) is 0 Å². The van der Waals surface area contributed by atoms with Crippen LogP contribution in [0.1, 0.15) is 20.8 Å². The first-order valence-corrected chi connectivity index (χ1v) is 8.66. The van der Waals surface area contributed by atoms with E-state index in [2.05, 4.69) is 13.2 Å². The maximum atomic E-state index is 13.2. The Morgan fingerprint density at radius 2 is 2.00 bits per heavy atom. The molecule has 4 heteroatoms. The lowest BCUT2D eigenvalue weighted by Crippen LogP contribution is -2.49. The molecule has 1 fully saturated rings. The Bertz CT molecular complexity index is 707. The van der Waals surface area contributed by atoms with Gasteiger partial charge >= 0.3 is 0 Å². The molecule has 1 N–H and O–H groups in total. The zero-order valence-corrected chi connectivity index (χ0v) is 16.2. The van der Waals surface area contributed by atoms with Crippen LogP contribution in [0, 0.1) is 0 Å². The molecule has 0 aromatic carbocycles. The fourth-order valence-electron chi connectivity index (χ4n) is 3.22. The Hall–Kier alpha value is -2.43. The van der Waals surface area contributed by atoms with Crippen molar-refractivity contribution in [1.29, 1.82) is 0 Å². The van der Waals surface area contributed by atoms with Crippen molar-refractivity contribution in [3.63, 3.8) is 0 Å². The second-order valence-corrected chi connectivity index (χ2v) is 5.63. The number of carbonyl (C=O) groups is 1. The number of carbonyl (C=O) groups excluding carboxylic acids is 1. The molecule has 1 rings (SSSR count). The molecule has 26 heavy (non-hydrogen) atoms. The van der Waals surface area contributed by atoms with E-state index in [4.69, 9.17) is 4.74 Å². The summed E-state index contributed by atoms with van der Waals surface area (Å²) in [6.45, 7) is 13.4. The van der Waals surface area contributed by atoms with Gasteiger partial charge in [-0.15, -0.1) is 0 Å². The van der Waals surface area contributed by atoms with Crippen LogP contribution in [0.25, 0.3) is 0 Å². The van der Waals surface area contributed by atoms with Crippen LogP contribution in [0.3, 0.4) is 0 Å². The summed E-state index contributed by atoms with van der Waals surface area (Å²) in [5.41, 5.74) is 1.63. The first kappa shape index (κ1) is 21.6. The Labute approximate surface area is 156 Å². The third-order valence-electron chi connectivity index (χ3n) is 4.39. The first-order valence-electron chi connectivity index (χ1n) is 8.66. The van der Waals surface area contributed by atoms with Gasteiger partial charge in [0, 0.05) is 30.4 Å². The zero-order chi connectivity index (χ0) is 19.7. The Morgan fingerprint density at radius 3 is 2.42 bits per heavy atom. The normalized spacial score (nSPS) is 25.0. The third-order valence-corrected chi connectivity index (χ3v) is 4.39. The highest BCUT2D eigenvalue weighted by Gasteiger charge is 2.53. The minimum Gasteiger partial charge on any atom is -0.392 e. The van der Waals surface area contributed by atoms with Gasteiger partial charge in [-0.05, 0) is 32.4 Å². The molecule has 0 unspecified atom stereocenters. The van der Waals surface area contributed by atoms with Crippen molar-refractivity contribution < 1.29 is 14.6 Å². The van der Waals surface area contributed by atoms with Gasteiger partial charge < -0.3 is 14.7 Å². The van der Waals surface area contributed by atoms with Crippen molar-refractivity contribution in [2.75, 3.05) is 20.3 Å². The number of likely N-dealkylation sites (N-methyl/N-ethyl adjacent to an activating group) is 1. The predicted molar refractivity (Wildman–Crippen MR) is 107 cm³/mol. The monoisotopic (exact) mass is 355 g/mol. The van der Waals surface area contributed by atoms with E-state index in [0.717, 1.165) is 11.1 Å². The summed E-state index contributed by atoms with van der Waals surface area (Å²) in [4.78, 5) is 14.8. The fourth-order valence-corrected chi connectivity index (χ4v) is 3.22. The predicted octanol–water partition coefficient (Wildman–Crippen LogP) is 3.86. The number of aliphatic hydroxyl groups is 1. The number of hydrogen-bond donors (Lipinski definition) is 1. The second-order valence-electron chi connectivity index (χ2n) is 5.63. The molecular weight excluding hydrogens is 326 g/mol. The number of amides is 1. The van der Waals surface area contributed by atoms with Gasteiger partial charge in [-0.25, -0.2) is 0 Å². The zero-order valence-electron chi connectivity index (χ0n) is 16.2. The maximum absolute atomic E-state index is 13.2. The van der Waals surface area contributed by atoms with E-state index >= 15 is 0 Å². The van der Waals surface area contributed by atoms with Gasteiger partial charge in [0.15, 0.2) is 5.72 Å². The third kappa shape index (κ3) is 3.71. The smallest absolute Gasteiger partial charge is 0.257 e. The summed E-state index contributed by atoms with van der Waals surface area (Å²) >= 11 is 0. The van der Waals surface area contributed by atoms with E-state index in [9.17, 15) is 9.90 Å². The number of likely N-dealkylation sites (tertiary alicyclic amines) is 1. The average Bonchev–Trinajstić information content (AvgIpc) is 2.90. The van der Waals surface area contributed by atoms with Crippen molar-refractivity contribution in [1.82, 2.24) is 4.90 Å². The molecule has 0 radical (unpaired) electrons. The van der Waals surface area contributed by atoms with Crippen molar-refractivity contribution >= 4 is 5.91 Å². The molecule has 1 aliphatic heterocycles. The van der Waals surface area contributed by atoms with Gasteiger partial charge in [-0.3, -0.25) is 4.79 Å². The molecule has 1 aliphatic rings. The number of nitrogens with zero attached hydrogens (tertiary/aromatic N) is 1. The van der Waals surface area contributed by atoms with Crippen LogP contribution in [0.15, 0.2) is 84.1 Å². The Balaban J connectivity index is 3.81. The summed E-state index contributed by atoms with van der Waals surface area (Å²) in [6.07, 6.45) is 14.2. The lowest BCUT2D eigenvalue weighted by atomic mass is 9.90. The molecular formula is C22H29NO3. The lowest BCUT2D eigenvalue weighted by molar-refractivity contribution is -0.139. The van der Waals surface area contributed by atoms with Gasteiger partial charge in [0.25, 0.3) is 5.91 Å². The van der Waals surface area contributed by atoms with Crippen LogP contribution in [0.2, 0.25) is 0 Å². The Morgan fingerprint density at radius 1 is 1.31 bits per heavy atom. The van der Waals surface area contributed by atoms with Crippen molar-refractivity contribution in [2.24, 2.45) is 0 Å². The standard InChI is InChI=1S/C22H29NO3/c1-7-12-14-18(13-8-2)22(26-6)20(10-4)19(15-17(9-3)16-24)21(25)23(22)11-5/h7-10,12-15,24H,1-2,11,16H2,3-6H3/b14-12-,17-9+,18-13+,19-15+,20-10+/t22-/m1/s1. The number of ether oxygens (including phenoxy) is 1. The molecule has 1 amide bonds. The van der Waals surface area contributed by atoms with Crippen LogP contribution in [-0.2, 0) is 9.53 Å². The number of methoxy groups -OCH3 is 1. The molecule has 1 saturated heterocycles. The summed E-state index contributed by atoms with van der Waals surface area (Å²) in [6, 6.07) is 0. The number of aliphatic hydroxyl groups excluding tert-OH is 1. The summed E-state index contributed by atoms with van der Waals surface area (Å²) in [5, 5.41) is 9.52. The maximum Gasteiger partial charge on any atom is 0.257 e. The largest absolute Gasteiger partial charge is 0.392 e. The summed E-state index contributed by atoms with van der Waals surface area (Å²) in [7, 11) is 1.59. The summed E-state index contributed by atoms with van der Waals surface area (Å²) in [5.74, 6) is -0.141. The number of hydrogen-bond acceptors (Lipinski definition) is 3. The molecule has 0 aromatic heterocycles. The van der Waals surface area contributed by atoms with Crippen LogP contribution < -0.4 is 0 Å². The highest BCUT2D eigenvalue weighted by molar-refractivity contribution is 6.04. The SMILES string of the molecule is C=C/C=C\C(=C/C=C)[C@@]1(OC)C(=C/C)/C(=C\C(=C/C)CO)C(=O)N1CC. The van der Waals surface area contributed by atoms with Crippen LogP contribution in [-0.4, -0.2) is 41.9 Å². The van der Waals surface area contributed by atoms with Crippen molar-refractivity contribution in [3.8, 4) is 0 Å². The van der Waals surface area contributed by atoms with Gasteiger partial charge in [-0.1, -0.05) is 55.7 Å². The van der Waals surface area contributed by atoms with E-state index in [1.54, 1.807) is 42.4 Å². The number of rotatable bonds is 8. The van der Waals surface area contributed by atoms with Crippen LogP contribution >= 0.6 is 0 Å². The molecule has 1 heterocycles. The highest BCUT2D eigenvalue weighted by Crippen LogP contribution is 2.45. The highest BCUT2D eigenvalue weighted by atomic mass is 16.5. The van der Waals surface area contributed by atoms with Gasteiger partial charge in [0.2, 0.25) is 0 Å². The molecule has 0 spiro atoms. The van der Waals surface area contributed by atoms with Crippen LogP contribution in [0.4, 0.5) is 0 Å². The molecule has 0 aliphatic carbocycles. The van der Waals surface area contributed by atoms with Crippen molar-refractivity contribution in [3.05, 3.63) is 84.1 Å². The molecule has 4 nitrogen and oxygen atoms in total. The molecule has 1 atom stereocenters. The fraction of sp³-hybridized carbons (Fsp3) is 0.318.